The van der Waals surface area contributed by atoms with Gasteiger partial charge in [0.1, 0.15) is 0 Å². The molecule has 60 valence electrons. The number of hydrogen-bond donors (Lipinski definition) is 3. The van der Waals surface area contributed by atoms with Crippen LogP contribution in [0.1, 0.15) is 6.42 Å². The average Bonchev–Trinajstić information content (AvgIpc) is 1.87. The minimum atomic E-state index is -0.430. The molecule has 0 bridgehead atoms. The van der Waals surface area contributed by atoms with Crippen LogP contribution in [0.25, 0.3) is 0 Å². The highest BCUT2D eigenvalue weighted by Gasteiger charge is 1.98. The summed E-state index contributed by atoms with van der Waals surface area (Å²) >= 11 is 0. The molecule has 0 aliphatic rings. The highest BCUT2D eigenvalue weighted by atomic mass is 16.5. The van der Waals surface area contributed by atoms with Crippen molar-refractivity contribution in [3.8, 4) is 0 Å². The molecule has 0 unspecified atom stereocenters. The van der Waals surface area contributed by atoms with Crippen LogP contribution in [-0.2, 0) is 9.53 Å². The maximum atomic E-state index is 10.4. The van der Waals surface area contributed by atoms with Crippen LogP contribution in [-0.4, -0.2) is 25.3 Å². The molecule has 0 fully saturated rings. The molecule has 5 heteroatoms. The van der Waals surface area contributed by atoms with Gasteiger partial charge >= 0.3 is 5.97 Å². The monoisotopic (exact) mass is 147 g/mol. The van der Waals surface area contributed by atoms with Crippen molar-refractivity contribution in [3.63, 3.8) is 0 Å². The average molecular weight is 147 g/mol. The predicted molar refractivity (Wildman–Crippen MR) is 36.8 cm³/mol. The van der Waals surface area contributed by atoms with E-state index < -0.39 is 12.1 Å². The first-order chi connectivity index (χ1) is 4.66. The third kappa shape index (κ3) is 5.49. The second-order valence-electron chi connectivity index (χ2n) is 1.88. The maximum Gasteiger partial charge on any atom is 0.319 e. The van der Waals surface area contributed by atoms with E-state index in [4.69, 9.17) is 17.2 Å². The van der Waals surface area contributed by atoms with Crippen LogP contribution < -0.4 is 17.2 Å². The van der Waals surface area contributed by atoms with Gasteiger partial charge in [-0.05, 0) is 0 Å². The van der Waals surface area contributed by atoms with Crippen molar-refractivity contribution in [2.45, 2.75) is 12.6 Å². The summed E-state index contributed by atoms with van der Waals surface area (Å²) in [6.45, 7) is 0.146. The van der Waals surface area contributed by atoms with E-state index in [1.807, 2.05) is 0 Å². The molecule has 0 aromatic heterocycles. The summed E-state index contributed by atoms with van der Waals surface area (Å²) in [5.74, 6) is -0.430. The molecule has 0 saturated heterocycles. The third-order valence-corrected chi connectivity index (χ3v) is 0.881. The molecule has 0 radical (unpaired) electrons. The highest BCUT2D eigenvalue weighted by Crippen LogP contribution is 1.82. The zero-order chi connectivity index (χ0) is 7.98. The quantitative estimate of drug-likeness (QED) is 0.319. The number of ether oxygens (including phenoxy) is 1. The van der Waals surface area contributed by atoms with Crippen LogP contribution >= 0.6 is 0 Å². The molecule has 0 heterocycles. The zero-order valence-electron chi connectivity index (χ0n) is 5.75. The Hall–Kier alpha value is -0.650. The standard InChI is InChI=1S/C5H13N3O2/c6-3-5(9)10-2-1-4(7)8/h4H,1-3,6-8H2. The van der Waals surface area contributed by atoms with Crippen LogP contribution in [0.2, 0.25) is 0 Å². The second-order valence-corrected chi connectivity index (χ2v) is 1.88. The van der Waals surface area contributed by atoms with Crippen molar-refractivity contribution >= 4 is 5.97 Å². The van der Waals surface area contributed by atoms with Gasteiger partial charge in [0.25, 0.3) is 0 Å². The topological polar surface area (TPSA) is 104 Å². The van der Waals surface area contributed by atoms with E-state index in [0.29, 0.717) is 6.42 Å². The summed E-state index contributed by atoms with van der Waals surface area (Å²) in [7, 11) is 0. The summed E-state index contributed by atoms with van der Waals surface area (Å²) in [4.78, 5) is 10.4. The molecule has 0 aliphatic heterocycles. The Balaban J connectivity index is 3.12. The number of nitrogens with two attached hydrogens (primary N) is 3. The molecule has 0 amide bonds. The minimum Gasteiger partial charge on any atom is -0.465 e. The van der Waals surface area contributed by atoms with E-state index in [-0.39, 0.29) is 13.2 Å². The Morgan fingerprint density at radius 1 is 1.50 bits per heavy atom. The van der Waals surface area contributed by atoms with E-state index in [2.05, 4.69) is 4.74 Å². The third-order valence-electron chi connectivity index (χ3n) is 0.881. The molecule has 0 spiro atoms. The SMILES string of the molecule is NCC(=O)OCCC(N)N. The molecule has 10 heavy (non-hydrogen) atoms. The molecular weight excluding hydrogens is 134 g/mol. The minimum absolute atomic E-state index is 0.0974. The summed E-state index contributed by atoms with van der Waals surface area (Å²) in [5, 5.41) is 0. The Labute approximate surface area is 59.5 Å². The lowest BCUT2D eigenvalue weighted by molar-refractivity contribution is -0.142. The lowest BCUT2D eigenvalue weighted by Gasteiger charge is -2.04. The number of rotatable bonds is 4. The van der Waals surface area contributed by atoms with Gasteiger partial charge in [-0.1, -0.05) is 0 Å². The molecule has 5 nitrogen and oxygen atoms in total. The number of esters is 1. The van der Waals surface area contributed by atoms with Gasteiger partial charge in [-0.25, -0.2) is 0 Å². The Morgan fingerprint density at radius 2 is 2.10 bits per heavy atom. The molecule has 0 atom stereocenters. The summed E-state index contributed by atoms with van der Waals surface area (Å²) in [5.41, 5.74) is 15.3. The van der Waals surface area contributed by atoms with Crippen LogP contribution in [0.4, 0.5) is 0 Å². The second kappa shape index (κ2) is 5.16. The molecule has 0 aliphatic carbocycles. The van der Waals surface area contributed by atoms with Gasteiger partial charge in [-0.3, -0.25) is 4.79 Å². The summed E-state index contributed by atoms with van der Waals surface area (Å²) in [6.07, 6.45) is 0.0386. The van der Waals surface area contributed by atoms with E-state index in [0.717, 1.165) is 0 Å². The Morgan fingerprint density at radius 3 is 2.50 bits per heavy atom. The molecular formula is C5H13N3O2. The molecule has 0 saturated carbocycles. The largest absolute Gasteiger partial charge is 0.465 e. The lowest BCUT2D eigenvalue weighted by Crippen LogP contribution is -2.32. The van der Waals surface area contributed by atoms with Gasteiger partial charge in [0.05, 0.1) is 19.3 Å². The summed E-state index contributed by atoms with van der Waals surface area (Å²) < 4.78 is 4.58. The van der Waals surface area contributed by atoms with Crippen molar-refractivity contribution in [3.05, 3.63) is 0 Å². The van der Waals surface area contributed by atoms with Crippen LogP contribution in [0.15, 0.2) is 0 Å². The van der Waals surface area contributed by atoms with Crippen LogP contribution in [0.5, 0.6) is 0 Å². The van der Waals surface area contributed by atoms with Crippen molar-refractivity contribution in [1.29, 1.82) is 0 Å². The summed E-state index contributed by atoms with van der Waals surface area (Å²) in [6, 6.07) is 0. The van der Waals surface area contributed by atoms with Gasteiger partial charge in [0, 0.05) is 6.42 Å². The van der Waals surface area contributed by atoms with Crippen LogP contribution in [0, 0.1) is 0 Å². The van der Waals surface area contributed by atoms with Crippen molar-refractivity contribution in [2.24, 2.45) is 17.2 Å². The maximum absolute atomic E-state index is 10.4. The van der Waals surface area contributed by atoms with Gasteiger partial charge in [0.15, 0.2) is 0 Å². The van der Waals surface area contributed by atoms with Crippen molar-refractivity contribution < 1.29 is 9.53 Å². The molecule has 6 N–H and O–H groups in total. The predicted octanol–water partition coefficient (Wildman–Crippen LogP) is -1.88. The van der Waals surface area contributed by atoms with Gasteiger partial charge in [0.2, 0.25) is 0 Å². The fourth-order valence-electron chi connectivity index (χ4n) is 0.368. The van der Waals surface area contributed by atoms with Gasteiger partial charge in [-0.2, -0.15) is 0 Å². The van der Waals surface area contributed by atoms with E-state index in [9.17, 15) is 4.79 Å². The smallest absolute Gasteiger partial charge is 0.319 e. The van der Waals surface area contributed by atoms with Crippen LogP contribution in [0.3, 0.4) is 0 Å². The molecule has 0 aromatic rings. The first-order valence-corrected chi connectivity index (χ1v) is 3.03. The first kappa shape index (κ1) is 9.35. The van der Waals surface area contributed by atoms with Gasteiger partial charge < -0.3 is 21.9 Å². The number of carbonyl (C=O) groups excluding carboxylic acids is 1. The molecule has 0 rings (SSSR count). The Kier molecular flexibility index (Phi) is 4.82. The van der Waals surface area contributed by atoms with E-state index >= 15 is 0 Å². The normalized spacial score (nSPS) is 10.0. The lowest BCUT2D eigenvalue weighted by atomic mass is 10.4. The van der Waals surface area contributed by atoms with Gasteiger partial charge in [-0.15, -0.1) is 0 Å². The van der Waals surface area contributed by atoms with E-state index in [1.165, 1.54) is 0 Å². The first-order valence-electron chi connectivity index (χ1n) is 3.03. The Bertz CT molecular complexity index is 105. The van der Waals surface area contributed by atoms with Crippen molar-refractivity contribution in [1.82, 2.24) is 0 Å². The van der Waals surface area contributed by atoms with Crippen molar-refractivity contribution in [2.75, 3.05) is 13.2 Å². The number of carbonyl (C=O) groups is 1. The number of hydrogen-bond acceptors (Lipinski definition) is 5. The van der Waals surface area contributed by atoms with E-state index in [1.54, 1.807) is 0 Å². The fraction of sp³-hybridized carbons (Fsp3) is 0.800. The highest BCUT2D eigenvalue weighted by molar-refractivity contribution is 5.71. The molecule has 0 aromatic carbocycles. The zero-order valence-corrected chi connectivity index (χ0v) is 5.75. The fourth-order valence-corrected chi connectivity index (χ4v) is 0.368.